The van der Waals surface area contributed by atoms with E-state index in [1.165, 1.54) is 11.8 Å². The first-order chi connectivity index (χ1) is 6.68. The minimum atomic E-state index is 0.0166. The van der Waals surface area contributed by atoms with E-state index in [2.05, 4.69) is 10.2 Å². The average molecular weight is 212 g/mol. The van der Waals surface area contributed by atoms with Crippen molar-refractivity contribution in [3.05, 3.63) is 6.33 Å². The molecule has 0 radical (unpaired) electrons. The van der Waals surface area contributed by atoms with Crippen molar-refractivity contribution in [3.63, 3.8) is 0 Å². The molecule has 0 bridgehead atoms. The molecule has 0 spiro atoms. The van der Waals surface area contributed by atoms with Gasteiger partial charge in [0, 0.05) is 20.6 Å². The monoisotopic (exact) mass is 212 g/mol. The van der Waals surface area contributed by atoms with Gasteiger partial charge in [0.1, 0.15) is 6.33 Å². The van der Waals surface area contributed by atoms with Crippen molar-refractivity contribution in [2.75, 3.05) is 13.6 Å². The normalized spacial score (nSPS) is 22.0. The largest absolute Gasteiger partial charge is 0.345 e. The summed E-state index contributed by atoms with van der Waals surface area (Å²) in [7, 11) is 3.71. The van der Waals surface area contributed by atoms with Gasteiger partial charge in [-0.1, -0.05) is 11.8 Å². The minimum absolute atomic E-state index is 0.0166. The van der Waals surface area contributed by atoms with Gasteiger partial charge in [-0.25, -0.2) is 0 Å². The molecule has 1 unspecified atom stereocenters. The second-order valence-corrected chi connectivity index (χ2v) is 4.55. The summed E-state index contributed by atoms with van der Waals surface area (Å²) in [5.74, 6) is 0.193. The lowest BCUT2D eigenvalue weighted by Gasteiger charge is -2.08. The van der Waals surface area contributed by atoms with Crippen molar-refractivity contribution in [1.29, 1.82) is 0 Å². The maximum atomic E-state index is 11.6. The van der Waals surface area contributed by atoms with E-state index in [9.17, 15) is 4.79 Å². The fourth-order valence-electron chi connectivity index (χ4n) is 1.41. The molecule has 1 atom stereocenters. The van der Waals surface area contributed by atoms with Crippen LogP contribution in [0, 0.1) is 0 Å². The molecule has 14 heavy (non-hydrogen) atoms. The molecule has 5 nitrogen and oxygen atoms in total. The third-order valence-electron chi connectivity index (χ3n) is 2.30. The highest BCUT2D eigenvalue weighted by Crippen LogP contribution is 2.28. The Morgan fingerprint density at radius 3 is 2.86 bits per heavy atom. The molecule has 1 saturated heterocycles. The van der Waals surface area contributed by atoms with Crippen LogP contribution in [0.15, 0.2) is 11.5 Å². The van der Waals surface area contributed by atoms with Crippen molar-refractivity contribution in [3.8, 4) is 0 Å². The first-order valence-electron chi connectivity index (χ1n) is 4.44. The average Bonchev–Trinajstić information content (AvgIpc) is 2.68. The number of likely N-dealkylation sites (tertiary alicyclic amines) is 1. The van der Waals surface area contributed by atoms with E-state index in [4.69, 9.17) is 0 Å². The lowest BCUT2D eigenvalue weighted by Crippen LogP contribution is -2.23. The molecule has 1 amide bonds. The Balaban J connectivity index is 2.06. The molecular weight excluding hydrogens is 200 g/mol. The SMILES string of the molecule is CN1CCC(Sc2nncn2C)C1=O. The summed E-state index contributed by atoms with van der Waals surface area (Å²) in [6, 6.07) is 0. The van der Waals surface area contributed by atoms with Crippen molar-refractivity contribution in [2.45, 2.75) is 16.8 Å². The number of carbonyl (C=O) groups is 1. The van der Waals surface area contributed by atoms with E-state index in [0.717, 1.165) is 18.1 Å². The van der Waals surface area contributed by atoms with Crippen LogP contribution in [0.3, 0.4) is 0 Å². The predicted molar refractivity (Wildman–Crippen MR) is 52.9 cm³/mol. The number of amides is 1. The minimum Gasteiger partial charge on any atom is -0.345 e. The van der Waals surface area contributed by atoms with E-state index in [-0.39, 0.29) is 11.2 Å². The number of nitrogens with zero attached hydrogens (tertiary/aromatic N) is 4. The van der Waals surface area contributed by atoms with Crippen LogP contribution in [-0.4, -0.2) is 44.4 Å². The number of rotatable bonds is 2. The van der Waals surface area contributed by atoms with E-state index in [1.54, 1.807) is 11.2 Å². The second kappa shape index (κ2) is 3.61. The molecule has 6 heteroatoms. The van der Waals surface area contributed by atoms with Gasteiger partial charge in [0.05, 0.1) is 5.25 Å². The smallest absolute Gasteiger partial charge is 0.235 e. The van der Waals surface area contributed by atoms with Gasteiger partial charge in [0.25, 0.3) is 0 Å². The lowest BCUT2D eigenvalue weighted by molar-refractivity contribution is -0.126. The highest BCUT2D eigenvalue weighted by atomic mass is 32.2. The Labute approximate surface area is 86.5 Å². The molecule has 1 aliphatic rings. The van der Waals surface area contributed by atoms with Crippen LogP contribution >= 0.6 is 11.8 Å². The lowest BCUT2D eigenvalue weighted by atomic mass is 10.4. The van der Waals surface area contributed by atoms with Crippen LogP contribution < -0.4 is 0 Å². The van der Waals surface area contributed by atoms with Gasteiger partial charge in [-0.15, -0.1) is 10.2 Å². The Morgan fingerprint density at radius 2 is 2.36 bits per heavy atom. The zero-order valence-electron chi connectivity index (χ0n) is 8.17. The van der Waals surface area contributed by atoms with E-state index < -0.39 is 0 Å². The highest BCUT2D eigenvalue weighted by molar-refractivity contribution is 8.00. The van der Waals surface area contributed by atoms with Crippen molar-refractivity contribution in [2.24, 2.45) is 7.05 Å². The summed E-state index contributed by atoms with van der Waals surface area (Å²) in [5, 5.41) is 8.54. The molecule has 1 aliphatic heterocycles. The first-order valence-corrected chi connectivity index (χ1v) is 5.32. The molecule has 1 aromatic rings. The third-order valence-corrected chi connectivity index (χ3v) is 3.60. The van der Waals surface area contributed by atoms with Crippen LogP contribution in [0.4, 0.5) is 0 Å². The summed E-state index contributed by atoms with van der Waals surface area (Å²) < 4.78 is 1.83. The number of aryl methyl sites for hydroxylation is 1. The summed E-state index contributed by atoms with van der Waals surface area (Å²) in [5.41, 5.74) is 0. The van der Waals surface area contributed by atoms with Gasteiger partial charge in [0.2, 0.25) is 5.91 Å². The molecule has 1 fully saturated rings. The van der Waals surface area contributed by atoms with E-state index >= 15 is 0 Å². The standard InChI is InChI=1S/C8H12N4OS/c1-11-4-3-6(7(11)13)14-8-10-9-5-12(8)2/h5-6H,3-4H2,1-2H3. The maximum Gasteiger partial charge on any atom is 0.235 e. The molecule has 1 aromatic heterocycles. The Kier molecular flexibility index (Phi) is 2.45. The molecule has 76 valence electrons. The quantitative estimate of drug-likeness (QED) is 0.699. The Hall–Kier alpha value is -1.04. The molecule has 0 saturated carbocycles. The van der Waals surface area contributed by atoms with E-state index in [1.807, 2.05) is 18.7 Å². The van der Waals surface area contributed by atoms with Crippen LogP contribution in [0.5, 0.6) is 0 Å². The van der Waals surface area contributed by atoms with Gasteiger partial charge < -0.3 is 9.47 Å². The summed E-state index contributed by atoms with van der Waals surface area (Å²) in [6.07, 6.45) is 2.54. The number of carbonyl (C=O) groups excluding carboxylic acids is 1. The molecule has 2 rings (SSSR count). The number of aromatic nitrogens is 3. The maximum absolute atomic E-state index is 11.6. The van der Waals surface area contributed by atoms with Gasteiger partial charge in [0.15, 0.2) is 5.16 Å². The molecule has 0 aromatic carbocycles. The highest BCUT2D eigenvalue weighted by Gasteiger charge is 2.30. The molecule has 0 N–H and O–H groups in total. The number of thioether (sulfide) groups is 1. The van der Waals surface area contributed by atoms with Crippen molar-refractivity contribution >= 4 is 17.7 Å². The molecular formula is C8H12N4OS. The van der Waals surface area contributed by atoms with Crippen LogP contribution in [-0.2, 0) is 11.8 Å². The van der Waals surface area contributed by atoms with E-state index in [0.29, 0.717) is 0 Å². The number of hydrogen-bond acceptors (Lipinski definition) is 4. The Bertz CT molecular complexity index is 351. The van der Waals surface area contributed by atoms with Crippen LogP contribution in [0.1, 0.15) is 6.42 Å². The van der Waals surface area contributed by atoms with Gasteiger partial charge in [-0.2, -0.15) is 0 Å². The predicted octanol–water partition coefficient (Wildman–Crippen LogP) is 0.138. The fourth-order valence-corrected chi connectivity index (χ4v) is 2.47. The van der Waals surface area contributed by atoms with Crippen LogP contribution in [0.25, 0.3) is 0 Å². The Morgan fingerprint density at radius 1 is 1.57 bits per heavy atom. The second-order valence-electron chi connectivity index (χ2n) is 3.38. The molecule has 2 heterocycles. The summed E-state index contributed by atoms with van der Waals surface area (Å²) in [6.45, 7) is 0.842. The zero-order valence-corrected chi connectivity index (χ0v) is 8.99. The molecule has 0 aliphatic carbocycles. The summed E-state index contributed by atoms with van der Waals surface area (Å²) in [4.78, 5) is 13.3. The topological polar surface area (TPSA) is 51.0 Å². The first kappa shape index (κ1) is 9.51. The van der Waals surface area contributed by atoms with Crippen molar-refractivity contribution < 1.29 is 4.79 Å². The van der Waals surface area contributed by atoms with Crippen molar-refractivity contribution in [1.82, 2.24) is 19.7 Å². The van der Waals surface area contributed by atoms with Gasteiger partial charge >= 0.3 is 0 Å². The van der Waals surface area contributed by atoms with Crippen LogP contribution in [0.2, 0.25) is 0 Å². The fraction of sp³-hybridized carbons (Fsp3) is 0.625. The number of hydrogen-bond donors (Lipinski definition) is 0. The third kappa shape index (κ3) is 1.61. The summed E-state index contributed by atoms with van der Waals surface area (Å²) >= 11 is 1.49. The zero-order chi connectivity index (χ0) is 10.1. The van der Waals surface area contributed by atoms with Gasteiger partial charge in [-0.05, 0) is 6.42 Å². The van der Waals surface area contributed by atoms with Gasteiger partial charge in [-0.3, -0.25) is 4.79 Å².